The standard InChI is InChI=1S/C11H15BrN2O2.ClH/c1-13-5-8-2-3-14(6-8)11(15)9-4-10(12)16-7-9;/h4,7-8,13H,2-3,5-6H2,1H3;1H. The molecular formula is C11H16BrClN2O2. The minimum atomic E-state index is 0. The zero-order chi connectivity index (χ0) is 11.5. The van der Waals surface area contributed by atoms with E-state index in [-0.39, 0.29) is 18.3 Å². The highest BCUT2D eigenvalue weighted by atomic mass is 79.9. The van der Waals surface area contributed by atoms with Gasteiger partial charge in [0.1, 0.15) is 6.26 Å². The van der Waals surface area contributed by atoms with Crippen molar-refractivity contribution in [2.45, 2.75) is 6.42 Å². The Hall–Kier alpha value is -0.520. The zero-order valence-corrected chi connectivity index (χ0v) is 12.0. The van der Waals surface area contributed by atoms with Gasteiger partial charge in [-0.2, -0.15) is 0 Å². The van der Waals surface area contributed by atoms with E-state index < -0.39 is 0 Å². The van der Waals surface area contributed by atoms with Gasteiger partial charge in [-0.05, 0) is 41.9 Å². The van der Waals surface area contributed by atoms with E-state index in [4.69, 9.17) is 4.42 Å². The van der Waals surface area contributed by atoms with E-state index in [2.05, 4.69) is 21.2 Å². The minimum Gasteiger partial charge on any atom is -0.457 e. The van der Waals surface area contributed by atoms with Crippen LogP contribution in [0.3, 0.4) is 0 Å². The van der Waals surface area contributed by atoms with Crippen LogP contribution >= 0.6 is 28.3 Å². The van der Waals surface area contributed by atoms with E-state index in [1.807, 2.05) is 11.9 Å². The van der Waals surface area contributed by atoms with E-state index in [0.29, 0.717) is 16.2 Å². The van der Waals surface area contributed by atoms with Gasteiger partial charge in [0.2, 0.25) is 0 Å². The predicted molar refractivity (Wildman–Crippen MR) is 71.6 cm³/mol. The number of likely N-dealkylation sites (tertiary alicyclic amines) is 1. The average Bonchev–Trinajstić information content (AvgIpc) is 2.87. The van der Waals surface area contributed by atoms with Crippen LogP contribution in [-0.2, 0) is 0 Å². The number of hydrogen-bond acceptors (Lipinski definition) is 3. The molecule has 0 aliphatic carbocycles. The van der Waals surface area contributed by atoms with E-state index in [1.165, 1.54) is 6.26 Å². The van der Waals surface area contributed by atoms with Gasteiger partial charge in [-0.1, -0.05) is 0 Å². The fraction of sp³-hybridized carbons (Fsp3) is 0.545. The Balaban J connectivity index is 0.00000144. The molecule has 1 aromatic rings. The molecule has 6 heteroatoms. The van der Waals surface area contributed by atoms with Crippen molar-refractivity contribution in [2.24, 2.45) is 5.92 Å². The highest BCUT2D eigenvalue weighted by Crippen LogP contribution is 2.20. The molecule has 1 N–H and O–H groups in total. The van der Waals surface area contributed by atoms with E-state index in [1.54, 1.807) is 6.07 Å². The Morgan fingerprint density at radius 2 is 2.47 bits per heavy atom. The van der Waals surface area contributed by atoms with Crippen molar-refractivity contribution in [3.05, 3.63) is 22.6 Å². The van der Waals surface area contributed by atoms with Gasteiger partial charge in [0.15, 0.2) is 4.67 Å². The summed E-state index contributed by atoms with van der Waals surface area (Å²) in [6.45, 7) is 2.65. The first kappa shape index (κ1) is 14.5. The first-order valence-electron chi connectivity index (χ1n) is 5.38. The Bertz CT molecular complexity index is 383. The van der Waals surface area contributed by atoms with Gasteiger partial charge in [-0.25, -0.2) is 0 Å². The topological polar surface area (TPSA) is 45.5 Å². The summed E-state index contributed by atoms with van der Waals surface area (Å²) in [6.07, 6.45) is 2.57. The fourth-order valence-electron chi connectivity index (χ4n) is 2.08. The fourth-order valence-corrected chi connectivity index (χ4v) is 2.42. The van der Waals surface area contributed by atoms with E-state index in [9.17, 15) is 4.79 Å². The summed E-state index contributed by atoms with van der Waals surface area (Å²) < 4.78 is 5.68. The molecule has 4 nitrogen and oxygen atoms in total. The Morgan fingerprint density at radius 3 is 3.06 bits per heavy atom. The SMILES string of the molecule is CNCC1CCN(C(=O)c2coc(Br)c2)C1.Cl. The summed E-state index contributed by atoms with van der Waals surface area (Å²) in [5.41, 5.74) is 0.622. The highest BCUT2D eigenvalue weighted by molar-refractivity contribution is 9.10. The Labute approximate surface area is 115 Å². The first-order chi connectivity index (χ1) is 7.70. The predicted octanol–water partition coefficient (Wildman–Crippen LogP) is 2.15. The molecule has 0 radical (unpaired) electrons. The van der Waals surface area contributed by atoms with Crippen LogP contribution in [0.4, 0.5) is 0 Å². The highest BCUT2D eigenvalue weighted by Gasteiger charge is 2.27. The largest absolute Gasteiger partial charge is 0.457 e. The van der Waals surface area contributed by atoms with E-state index >= 15 is 0 Å². The number of halogens is 2. The second-order valence-corrected chi connectivity index (χ2v) is 4.88. The van der Waals surface area contributed by atoms with Gasteiger partial charge in [-0.3, -0.25) is 4.79 Å². The molecule has 1 aromatic heterocycles. The molecule has 0 bridgehead atoms. The summed E-state index contributed by atoms with van der Waals surface area (Å²) in [5, 5.41) is 3.15. The molecule has 1 amide bonds. The van der Waals surface area contributed by atoms with Crippen LogP contribution in [0.2, 0.25) is 0 Å². The number of furan rings is 1. The Kier molecular flexibility index (Phi) is 5.49. The lowest BCUT2D eigenvalue weighted by Gasteiger charge is -2.15. The number of nitrogens with zero attached hydrogens (tertiary/aromatic N) is 1. The third kappa shape index (κ3) is 3.47. The van der Waals surface area contributed by atoms with Gasteiger partial charge < -0.3 is 14.6 Å². The van der Waals surface area contributed by atoms with Crippen molar-refractivity contribution in [1.29, 1.82) is 0 Å². The van der Waals surface area contributed by atoms with Crippen LogP contribution in [-0.4, -0.2) is 37.5 Å². The average molecular weight is 324 g/mol. The number of nitrogens with one attached hydrogen (secondary N) is 1. The number of rotatable bonds is 3. The summed E-state index contributed by atoms with van der Waals surface area (Å²) in [6, 6.07) is 1.72. The van der Waals surface area contributed by atoms with Gasteiger partial charge in [-0.15, -0.1) is 12.4 Å². The van der Waals surface area contributed by atoms with Crippen LogP contribution in [0.15, 0.2) is 21.4 Å². The molecule has 2 heterocycles. The molecule has 1 atom stereocenters. The lowest BCUT2D eigenvalue weighted by atomic mass is 10.1. The van der Waals surface area contributed by atoms with Crippen LogP contribution in [0.25, 0.3) is 0 Å². The molecule has 2 rings (SSSR count). The number of amides is 1. The monoisotopic (exact) mass is 322 g/mol. The number of carbonyl (C=O) groups excluding carboxylic acids is 1. The van der Waals surface area contributed by atoms with Crippen molar-refractivity contribution in [2.75, 3.05) is 26.7 Å². The first-order valence-corrected chi connectivity index (χ1v) is 6.18. The number of carbonyl (C=O) groups is 1. The molecule has 1 aliphatic heterocycles. The summed E-state index contributed by atoms with van der Waals surface area (Å²) in [4.78, 5) is 13.9. The third-order valence-corrected chi connectivity index (χ3v) is 3.30. The molecule has 1 aliphatic rings. The van der Waals surface area contributed by atoms with Crippen molar-refractivity contribution in [3.63, 3.8) is 0 Å². The molecule has 1 unspecified atom stereocenters. The molecule has 17 heavy (non-hydrogen) atoms. The molecule has 0 aromatic carbocycles. The van der Waals surface area contributed by atoms with Crippen LogP contribution in [0, 0.1) is 5.92 Å². The second kappa shape index (κ2) is 6.42. The second-order valence-electron chi connectivity index (χ2n) is 4.10. The summed E-state index contributed by atoms with van der Waals surface area (Å²) >= 11 is 3.20. The third-order valence-electron chi connectivity index (χ3n) is 2.88. The maximum absolute atomic E-state index is 12.0. The summed E-state index contributed by atoms with van der Waals surface area (Å²) in [7, 11) is 1.94. The Morgan fingerprint density at radius 1 is 1.71 bits per heavy atom. The van der Waals surface area contributed by atoms with Gasteiger partial charge in [0, 0.05) is 19.2 Å². The van der Waals surface area contributed by atoms with Crippen molar-refractivity contribution < 1.29 is 9.21 Å². The quantitative estimate of drug-likeness (QED) is 0.927. The lowest BCUT2D eigenvalue weighted by Crippen LogP contribution is -2.30. The van der Waals surface area contributed by atoms with Crippen molar-refractivity contribution in [1.82, 2.24) is 10.2 Å². The molecule has 0 spiro atoms. The molecule has 96 valence electrons. The normalized spacial score (nSPS) is 19.2. The zero-order valence-electron chi connectivity index (χ0n) is 9.61. The van der Waals surface area contributed by atoms with E-state index in [0.717, 1.165) is 26.1 Å². The van der Waals surface area contributed by atoms with Gasteiger partial charge in [0.05, 0.1) is 5.56 Å². The van der Waals surface area contributed by atoms with Crippen LogP contribution in [0.5, 0.6) is 0 Å². The van der Waals surface area contributed by atoms with Crippen LogP contribution < -0.4 is 5.32 Å². The molecule has 0 saturated carbocycles. The molecule has 1 fully saturated rings. The minimum absolute atomic E-state index is 0. The lowest BCUT2D eigenvalue weighted by molar-refractivity contribution is 0.0786. The van der Waals surface area contributed by atoms with Crippen LogP contribution in [0.1, 0.15) is 16.8 Å². The smallest absolute Gasteiger partial charge is 0.257 e. The van der Waals surface area contributed by atoms with Gasteiger partial charge in [0.25, 0.3) is 5.91 Å². The molecule has 1 saturated heterocycles. The molecular weight excluding hydrogens is 307 g/mol. The maximum atomic E-state index is 12.0. The van der Waals surface area contributed by atoms with Crippen molar-refractivity contribution in [3.8, 4) is 0 Å². The maximum Gasteiger partial charge on any atom is 0.257 e. The number of hydrogen-bond donors (Lipinski definition) is 1. The summed E-state index contributed by atoms with van der Waals surface area (Å²) in [5.74, 6) is 0.636. The van der Waals surface area contributed by atoms with Crippen molar-refractivity contribution >= 4 is 34.2 Å². The van der Waals surface area contributed by atoms with Gasteiger partial charge >= 0.3 is 0 Å².